The molecule has 0 N–H and O–H groups in total. The van der Waals surface area contributed by atoms with Gasteiger partial charge in [0.15, 0.2) is 0 Å². The van der Waals surface area contributed by atoms with Crippen molar-refractivity contribution in [2.45, 2.75) is 10.8 Å². The van der Waals surface area contributed by atoms with E-state index in [9.17, 15) is 0 Å². The van der Waals surface area contributed by atoms with E-state index in [0.717, 1.165) is 22.7 Å². The number of anilines is 6. The number of nitrogens with zero attached hydrogens (tertiary/aromatic N) is 2. The molecule has 0 unspecified atom stereocenters. The van der Waals surface area contributed by atoms with Gasteiger partial charge in [0.05, 0.1) is 22.2 Å². The summed E-state index contributed by atoms with van der Waals surface area (Å²) in [4.78, 5) is 4.98. The van der Waals surface area contributed by atoms with E-state index >= 15 is 0 Å². The lowest BCUT2D eigenvalue weighted by Gasteiger charge is -2.45. The molecular formula is C74H48N2S. The van der Waals surface area contributed by atoms with Gasteiger partial charge in [-0.05, 0) is 145 Å². The van der Waals surface area contributed by atoms with Crippen LogP contribution < -0.4 is 9.80 Å². The third kappa shape index (κ3) is 6.18. The quantitative estimate of drug-likeness (QED) is 0.157. The summed E-state index contributed by atoms with van der Waals surface area (Å²) < 4.78 is 2.63. The lowest BCUT2D eigenvalue weighted by Crippen LogP contribution is -2.36. The Morgan fingerprint density at radius 1 is 0.299 bits per heavy atom. The van der Waals surface area contributed by atoms with E-state index in [2.05, 4.69) is 301 Å². The molecule has 0 fully saturated rings. The highest BCUT2D eigenvalue weighted by molar-refractivity contribution is 7.26. The van der Waals surface area contributed by atoms with Crippen molar-refractivity contribution in [3.05, 3.63) is 336 Å². The molecule has 0 bridgehead atoms. The van der Waals surface area contributed by atoms with Gasteiger partial charge in [-0.3, -0.25) is 0 Å². The SMILES string of the molecule is c1ccc(N2c3ccccc3C3(c4ccccc4-c4ccc(N(c5ccc(-c6cccc7c6sc6ccccc67)cc5)c5ccc6c(c5)C(c5ccccc5)(c5ccccc5)c5ccccc5-6)cc43)c3ccccc32)cc1. The smallest absolute Gasteiger partial charge is 0.0755 e. The average Bonchev–Trinajstić information content (AvgIpc) is 4.20. The van der Waals surface area contributed by atoms with Crippen LogP contribution in [0.2, 0.25) is 0 Å². The second-order valence-corrected chi connectivity index (χ2v) is 21.7. The number of para-hydroxylation sites is 3. The number of hydrogen-bond donors (Lipinski definition) is 0. The van der Waals surface area contributed by atoms with Gasteiger partial charge < -0.3 is 9.80 Å². The Balaban J connectivity index is 0.950. The van der Waals surface area contributed by atoms with Crippen molar-refractivity contribution in [1.82, 2.24) is 0 Å². The van der Waals surface area contributed by atoms with Gasteiger partial charge in [0.2, 0.25) is 0 Å². The van der Waals surface area contributed by atoms with Crippen molar-refractivity contribution in [2.24, 2.45) is 0 Å². The van der Waals surface area contributed by atoms with Crippen LogP contribution in [0, 0.1) is 0 Å². The highest BCUT2D eigenvalue weighted by atomic mass is 32.1. The standard InChI is InChI=1S/C74H48N2S/c1-4-21-50(22-5-1)73(51-23-6-2-7-24-51)63-32-13-10-27-57(63)59-45-43-54(47-67(59)73)75(53-41-39-49(40-42-53)56-30-20-31-62-61-29-12-19-38-71(61)77-72(56)62)55-44-46-60-58-28-11-14-33-64(58)74(68(60)48-55)65-34-15-17-36-69(65)76(52-25-8-3-9-26-52)70-37-18-16-35-66(70)74/h1-48H. The Labute approximate surface area is 452 Å². The summed E-state index contributed by atoms with van der Waals surface area (Å²) in [6.07, 6.45) is 0. The minimum atomic E-state index is -0.617. The minimum absolute atomic E-state index is 0.563. The van der Waals surface area contributed by atoms with Crippen LogP contribution in [0.3, 0.4) is 0 Å². The monoisotopic (exact) mass is 996 g/mol. The first kappa shape index (κ1) is 43.8. The number of benzene rings is 12. The fraction of sp³-hybridized carbons (Fsp3) is 0.0270. The number of thiophene rings is 1. The van der Waals surface area contributed by atoms with Crippen molar-refractivity contribution in [3.63, 3.8) is 0 Å². The second-order valence-electron chi connectivity index (χ2n) is 20.7. The molecule has 3 aliphatic rings. The Hall–Kier alpha value is -9.54. The van der Waals surface area contributed by atoms with E-state index in [1.54, 1.807) is 0 Å². The summed E-state index contributed by atoms with van der Waals surface area (Å²) >= 11 is 1.88. The molecule has 0 radical (unpaired) electrons. The molecule has 77 heavy (non-hydrogen) atoms. The molecule has 3 heteroatoms. The molecule has 2 heterocycles. The van der Waals surface area contributed by atoms with Gasteiger partial charge in [0, 0.05) is 42.9 Å². The number of rotatable bonds is 7. The van der Waals surface area contributed by atoms with Crippen LogP contribution in [0.1, 0.15) is 44.5 Å². The van der Waals surface area contributed by atoms with Crippen molar-refractivity contribution in [2.75, 3.05) is 9.80 Å². The maximum atomic E-state index is 2.52. The molecule has 1 spiro atoms. The Morgan fingerprint density at radius 2 is 0.740 bits per heavy atom. The van der Waals surface area contributed by atoms with Gasteiger partial charge in [-0.2, -0.15) is 0 Å². The second kappa shape index (κ2) is 17.0. The number of fused-ring (bicyclic) bond motifs is 15. The average molecular weight is 997 g/mol. The molecule has 13 aromatic rings. The highest BCUT2D eigenvalue weighted by Gasteiger charge is 2.52. The van der Waals surface area contributed by atoms with E-state index in [1.807, 2.05) is 11.3 Å². The van der Waals surface area contributed by atoms with Gasteiger partial charge >= 0.3 is 0 Å². The first-order valence-corrected chi connectivity index (χ1v) is 27.5. The molecule has 2 aliphatic carbocycles. The lowest BCUT2D eigenvalue weighted by molar-refractivity contribution is 0.752. The summed E-state index contributed by atoms with van der Waals surface area (Å²) in [5.41, 5.74) is 23.3. The van der Waals surface area contributed by atoms with Gasteiger partial charge in [-0.1, -0.05) is 224 Å². The van der Waals surface area contributed by atoms with Crippen LogP contribution >= 0.6 is 11.3 Å². The molecule has 1 aromatic heterocycles. The molecule has 12 aromatic carbocycles. The van der Waals surface area contributed by atoms with E-state index < -0.39 is 10.8 Å². The molecular weight excluding hydrogens is 949 g/mol. The van der Waals surface area contributed by atoms with Crippen molar-refractivity contribution in [3.8, 4) is 33.4 Å². The Bertz CT molecular complexity index is 4370. The van der Waals surface area contributed by atoms with Gasteiger partial charge in [0.1, 0.15) is 0 Å². The summed E-state index contributed by atoms with van der Waals surface area (Å²) in [6, 6.07) is 109. The molecule has 1 aliphatic heterocycles. The molecule has 0 saturated heterocycles. The predicted molar refractivity (Wildman–Crippen MR) is 322 cm³/mol. The first-order chi connectivity index (χ1) is 38.2. The van der Waals surface area contributed by atoms with Crippen LogP contribution in [0.5, 0.6) is 0 Å². The third-order valence-electron chi connectivity index (χ3n) is 16.9. The normalized spacial score (nSPS) is 13.9. The van der Waals surface area contributed by atoms with Gasteiger partial charge in [-0.15, -0.1) is 11.3 Å². The van der Waals surface area contributed by atoms with E-state index in [1.165, 1.54) is 109 Å². The van der Waals surface area contributed by atoms with Gasteiger partial charge in [-0.25, -0.2) is 0 Å². The Morgan fingerprint density at radius 3 is 1.35 bits per heavy atom. The maximum Gasteiger partial charge on any atom is 0.0755 e. The topological polar surface area (TPSA) is 6.48 Å². The largest absolute Gasteiger partial charge is 0.310 e. The van der Waals surface area contributed by atoms with Crippen LogP contribution in [-0.2, 0) is 10.8 Å². The van der Waals surface area contributed by atoms with Crippen LogP contribution in [-0.4, -0.2) is 0 Å². The van der Waals surface area contributed by atoms with Crippen molar-refractivity contribution >= 4 is 65.6 Å². The fourth-order valence-corrected chi connectivity index (χ4v) is 15.1. The summed E-state index contributed by atoms with van der Waals surface area (Å²) in [5, 5.41) is 2.62. The summed E-state index contributed by atoms with van der Waals surface area (Å²) in [6.45, 7) is 0. The summed E-state index contributed by atoms with van der Waals surface area (Å²) in [5.74, 6) is 0. The van der Waals surface area contributed by atoms with Gasteiger partial charge in [0.25, 0.3) is 0 Å². The molecule has 0 saturated carbocycles. The molecule has 0 amide bonds. The van der Waals surface area contributed by atoms with Crippen LogP contribution in [0.15, 0.2) is 291 Å². The molecule has 360 valence electrons. The molecule has 2 nitrogen and oxygen atoms in total. The number of hydrogen-bond acceptors (Lipinski definition) is 3. The first-order valence-electron chi connectivity index (χ1n) is 26.7. The van der Waals surface area contributed by atoms with Crippen molar-refractivity contribution < 1.29 is 0 Å². The molecule has 16 rings (SSSR count). The maximum absolute atomic E-state index is 2.52. The lowest BCUT2D eigenvalue weighted by atomic mass is 9.64. The zero-order chi connectivity index (χ0) is 50.7. The third-order valence-corrected chi connectivity index (χ3v) is 18.2. The molecule has 0 atom stereocenters. The van der Waals surface area contributed by atoms with Crippen LogP contribution in [0.25, 0.3) is 53.6 Å². The predicted octanol–water partition coefficient (Wildman–Crippen LogP) is 19.7. The minimum Gasteiger partial charge on any atom is -0.310 e. The fourth-order valence-electron chi connectivity index (χ4n) is 13.9. The highest BCUT2D eigenvalue weighted by Crippen LogP contribution is 2.64. The van der Waals surface area contributed by atoms with E-state index in [4.69, 9.17) is 0 Å². The Kier molecular flexibility index (Phi) is 9.67. The van der Waals surface area contributed by atoms with E-state index in [0.29, 0.717) is 0 Å². The summed E-state index contributed by atoms with van der Waals surface area (Å²) in [7, 11) is 0. The van der Waals surface area contributed by atoms with E-state index in [-0.39, 0.29) is 0 Å². The zero-order valence-corrected chi connectivity index (χ0v) is 42.8. The van der Waals surface area contributed by atoms with Crippen molar-refractivity contribution in [1.29, 1.82) is 0 Å². The van der Waals surface area contributed by atoms with Crippen LogP contribution in [0.4, 0.5) is 34.1 Å². The zero-order valence-electron chi connectivity index (χ0n) is 42.0.